The molecule has 5 aromatic rings. The summed E-state index contributed by atoms with van der Waals surface area (Å²) >= 11 is 1.21. The molecule has 0 bridgehead atoms. The summed E-state index contributed by atoms with van der Waals surface area (Å²) in [4.78, 5) is 12.8. The molecule has 0 aliphatic rings. The van der Waals surface area contributed by atoms with Crippen molar-refractivity contribution in [2.24, 2.45) is 11.5 Å². The third-order valence-electron chi connectivity index (χ3n) is 5.71. The highest BCUT2D eigenvalue weighted by atomic mass is 32.1. The first-order valence-corrected chi connectivity index (χ1v) is 11.7. The van der Waals surface area contributed by atoms with Crippen LogP contribution < -0.4 is 11.5 Å². The van der Waals surface area contributed by atoms with Crippen molar-refractivity contribution < 1.29 is 17.6 Å². The number of nitrogens with zero attached hydrogens (tertiary/aromatic N) is 4. The van der Waals surface area contributed by atoms with Gasteiger partial charge in [0.15, 0.2) is 11.6 Å². The molecule has 0 aliphatic carbocycles. The second kappa shape index (κ2) is 9.37. The number of hydrogen-bond donors (Lipinski definition) is 3. The van der Waals surface area contributed by atoms with Crippen LogP contribution in [0.3, 0.4) is 0 Å². The van der Waals surface area contributed by atoms with Crippen LogP contribution in [0.4, 0.5) is 17.6 Å². The molecule has 4 aromatic heterocycles. The Morgan fingerprint density at radius 3 is 2.50 bits per heavy atom. The summed E-state index contributed by atoms with van der Waals surface area (Å²) < 4.78 is 54.6. The highest BCUT2D eigenvalue weighted by Gasteiger charge is 2.34. The number of pyridine rings is 1. The number of hydrogen-bond acceptors (Lipinski definition) is 7. The number of rotatable bonds is 6. The smallest absolute Gasteiger partial charge is 0.326 e. The predicted octanol–water partition coefficient (Wildman–Crippen LogP) is 4.87. The summed E-state index contributed by atoms with van der Waals surface area (Å²) in [5.74, 6) is -0.633. The second-order valence-corrected chi connectivity index (χ2v) is 9.04. The van der Waals surface area contributed by atoms with Crippen molar-refractivity contribution in [3.8, 4) is 22.6 Å². The van der Waals surface area contributed by atoms with E-state index in [1.807, 2.05) is 35.4 Å². The van der Waals surface area contributed by atoms with Gasteiger partial charge in [-0.05, 0) is 24.1 Å². The molecule has 2 atom stereocenters. The van der Waals surface area contributed by atoms with Gasteiger partial charge in [0.05, 0.1) is 39.4 Å². The molecule has 0 radical (unpaired) electrons. The Morgan fingerprint density at radius 1 is 1.03 bits per heavy atom. The highest BCUT2D eigenvalue weighted by Crippen LogP contribution is 2.39. The van der Waals surface area contributed by atoms with Crippen molar-refractivity contribution in [2.45, 2.75) is 24.7 Å². The lowest BCUT2D eigenvalue weighted by molar-refractivity contribution is -0.141. The molecule has 1 aromatic carbocycles. The Hall–Kier alpha value is -3.74. The third kappa shape index (κ3) is 4.57. The molecule has 4 heterocycles. The number of aromatic amines is 1. The number of alkyl halides is 3. The average Bonchev–Trinajstić information content (AvgIpc) is 3.51. The van der Waals surface area contributed by atoms with E-state index in [-0.39, 0.29) is 17.1 Å². The molecular weight excluding hydrogens is 494 g/mol. The van der Waals surface area contributed by atoms with Gasteiger partial charge in [0, 0.05) is 23.2 Å². The van der Waals surface area contributed by atoms with Crippen LogP contribution in [0.25, 0.3) is 32.9 Å². The van der Waals surface area contributed by atoms with Gasteiger partial charge in [-0.3, -0.25) is 10.1 Å². The Labute approximate surface area is 206 Å². The Morgan fingerprint density at radius 2 is 1.81 bits per heavy atom. The lowest BCUT2D eigenvalue weighted by atomic mass is 9.97. The molecule has 0 amide bonds. The molecule has 0 fully saturated rings. The van der Waals surface area contributed by atoms with E-state index in [0.717, 1.165) is 17.8 Å². The van der Waals surface area contributed by atoms with Crippen molar-refractivity contribution >= 4 is 21.6 Å². The van der Waals surface area contributed by atoms with Gasteiger partial charge >= 0.3 is 6.18 Å². The number of aromatic nitrogens is 5. The molecule has 12 heteroatoms. The van der Waals surface area contributed by atoms with Crippen LogP contribution in [0.5, 0.6) is 0 Å². The molecule has 36 heavy (non-hydrogen) atoms. The number of fused-ring (bicyclic) bond motifs is 1. The van der Waals surface area contributed by atoms with Crippen LogP contribution in [0.2, 0.25) is 0 Å². The number of thiophene rings is 1. The van der Waals surface area contributed by atoms with Crippen LogP contribution in [-0.2, 0) is 12.6 Å². The second-order valence-electron chi connectivity index (χ2n) is 8.16. The maximum absolute atomic E-state index is 14.6. The first-order valence-electron chi connectivity index (χ1n) is 10.8. The molecule has 2 unspecified atom stereocenters. The molecule has 0 spiro atoms. The van der Waals surface area contributed by atoms with Gasteiger partial charge in [-0.25, -0.2) is 14.4 Å². The van der Waals surface area contributed by atoms with E-state index < -0.39 is 29.8 Å². The normalized spacial score (nSPS) is 13.7. The van der Waals surface area contributed by atoms with E-state index in [4.69, 9.17) is 11.5 Å². The maximum Gasteiger partial charge on any atom is 0.432 e. The Kier molecular flexibility index (Phi) is 6.24. The average molecular weight is 514 g/mol. The van der Waals surface area contributed by atoms with E-state index in [2.05, 4.69) is 20.1 Å². The first-order chi connectivity index (χ1) is 17.2. The molecule has 0 saturated carbocycles. The predicted molar refractivity (Wildman–Crippen MR) is 128 cm³/mol. The Bertz CT molecular complexity index is 1510. The minimum atomic E-state index is -4.59. The third-order valence-corrected chi connectivity index (χ3v) is 6.70. The lowest BCUT2D eigenvalue weighted by Gasteiger charge is -2.21. The molecule has 0 saturated heterocycles. The fourth-order valence-electron chi connectivity index (χ4n) is 3.85. The van der Waals surface area contributed by atoms with Gasteiger partial charge in [-0.1, -0.05) is 30.3 Å². The summed E-state index contributed by atoms with van der Waals surface area (Å²) in [6.07, 6.45) is -1.71. The quantitative estimate of drug-likeness (QED) is 0.279. The van der Waals surface area contributed by atoms with Gasteiger partial charge in [0.2, 0.25) is 0 Å². The van der Waals surface area contributed by atoms with E-state index in [9.17, 15) is 17.6 Å². The monoisotopic (exact) mass is 513 g/mol. The van der Waals surface area contributed by atoms with Crippen molar-refractivity contribution in [2.75, 3.05) is 0 Å². The van der Waals surface area contributed by atoms with Gasteiger partial charge < -0.3 is 11.5 Å². The summed E-state index contributed by atoms with van der Waals surface area (Å²) in [5.41, 5.74) is 14.1. The van der Waals surface area contributed by atoms with Crippen molar-refractivity contribution in [1.29, 1.82) is 0 Å². The molecule has 5 N–H and O–H groups in total. The largest absolute Gasteiger partial charge is 0.432 e. The zero-order valence-electron chi connectivity index (χ0n) is 18.5. The van der Waals surface area contributed by atoms with E-state index >= 15 is 0 Å². The molecule has 7 nitrogen and oxygen atoms in total. The highest BCUT2D eigenvalue weighted by molar-refractivity contribution is 7.17. The number of benzene rings is 1. The minimum Gasteiger partial charge on any atom is -0.326 e. The number of nitrogens with one attached hydrogen (secondary N) is 1. The first kappa shape index (κ1) is 24.0. The van der Waals surface area contributed by atoms with E-state index in [1.54, 1.807) is 5.38 Å². The zero-order chi connectivity index (χ0) is 25.4. The van der Waals surface area contributed by atoms with Crippen LogP contribution in [0, 0.1) is 5.82 Å². The van der Waals surface area contributed by atoms with Gasteiger partial charge in [0.1, 0.15) is 5.69 Å². The van der Waals surface area contributed by atoms with Gasteiger partial charge in [-0.2, -0.15) is 18.3 Å². The summed E-state index contributed by atoms with van der Waals surface area (Å²) in [5, 5.41) is 7.46. The fraction of sp³-hybridized carbons (Fsp3) is 0.167. The van der Waals surface area contributed by atoms with Crippen molar-refractivity contribution in [3.63, 3.8) is 0 Å². The zero-order valence-corrected chi connectivity index (χ0v) is 19.3. The molecule has 184 valence electrons. The fourth-order valence-corrected chi connectivity index (χ4v) is 4.88. The summed E-state index contributed by atoms with van der Waals surface area (Å²) in [6, 6.07) is 10.5. The Balaban J connectivity index is 1.64. The SMILES string of the molecule is NC(Cc1ccccc1)C(N)c1nc(-c2ccncc2F)nc2c(-c3cc(C(F)(F)F)[nH]n3)csc12. The number of halogens is 4. The topological polar surface area (TPSA) is 119 Å². The van der Waals surface area contributed by atoms with Crippen molar-refractivity contribution in [1.82, 2.24) is 25.1 Å². The molecule has 0 aliphatic heterocycles. The van der Waals surface area contributed by atoms with Crippen LogP contribution in [-0.4, -0.2) is 31.2 Å². The number of H-pyrrole nitrogens is 1. The standard InChI is InChI=1S/C24H19F4N7S/c25-15-10-31-7-6-13(15)23-32-20-14(17-9-18(35-34-17)24(26,27)28)11-36-22(20)21(33-23)19(30)16(29)8-12-4-2-1-3-5-12/h1-7,9-11,16,19H,8,29-30H2,(H,34,35). The van der Waals surface area contributed by atoms with Crippen LogP contribution in [0.15, 0.2) is 60.2 Å². The van der Waals surface area contributed by atoms with Crippen LogP contribution in [0.1, 0.15) is 23.0 Å². The maximum atomic E-state index is 14.6. The molecule has 5 rings (SSSR count). The van der Waals surface area contributed by atoms with E-state index in [1.165, 1.54) is 23.6 Å². The molecular formula is C24H19F4N7S. The minimum absolute atomic E-state index is 0.0194. The lowest BCUT2D eigenvalue weighted by Crippen LogP contribution is -2.36. The van der Waals surface area contributed by atoms with E-state index in [0.29, 0.717) is 27.9 Å². The van der Waals surface area contributed by atoms with Gasteiger partial charge in [0.25, 0.3) is 0 Å². The summed E-state index contributed by atoms with van der Waals surface area (Å²) in [6.45, 7) is 0. The number of nitrogens with two attached hydrogens (primary N) is 2. The summed E-state index contributed by atoms with van der Waals surface area (Å²) in [7, 11) is 0. The van der Waals surface area contributed by atoms with Gasteiger partial charge in [-0.15, -0.1) is 11.3 Å². The van der Waals surface area contributed by atoms with Crippen molar-refractivity contribution in [3.05, 3.63) is 83.0 Å². The van der Waals surface area contributed by atoms with Crippen LogP contribution >= 0.6 is 11.3 Å².